The van der Waals surface area contributed by atoms with Crippen LogP contribution in [-0.4, -0.2) is 0 Å². The lowest BCUT2D eigenvalue weighted by molar-refractivity contribution is 1.26. The number of thiophene rings is 1. The molecule has 1 heterocycles. The molecule has 0 amide bonds. The molecule has 0 bridgehead atoms. The number of hydrogen-bond donors (Lipinski definition) is 1. The van der Waals surface area contributed by atoms with E-state index >= 15 is 0 Å². The van der Waals surface area contributed by atoms with E-state index in [9.17, 15) is 0 Å². The molecule has 7 aromatic carbocycles. The van der Waals surface area contributed by atoms with Crippen molar-refractivity contribution in [1.82, 2.24) is 0 Å². The molecule has 0 aliphatic carbocycles. The highest BCUT2D eigenvalue weighted by atomic mass is 32.1. The van der Waals surface area contributed by atoms with Gasteiger partial charge in [-0.05, 0) is 84.9 Å². The van der Waals surface area contributed by atoms with Crippen LogP contribution in [0.25, 0.3) is 20.2 Å². The number of fused-ring (bicyclic) bond motifs is 3. The molecule has 0 radical (unpaired) electrons. The Balaban J connectivity index is 1.38. The average molecular weight is 610 g/mol. The molecule has 0 fully saturated rings. The van der Waals surface area contributed by atoms with Gasteiger partial charge in [0, 0.05) is 60.0 Å². The molecule has 0 aliphatic rings. The number of benzene rings is 7. The SMILES string of the molecule is c1ccc(Nc2cccc(N(c3ccccc3)c3cc(N(c4ccccc4)c4ccccc4)c4c(c3)sc3ccccc34)c2)cc1. The van der Waals surface area contributed by atoms with Crippen molar-refractivity contribution in [3.05, 3.63) is 182 Å². The molecule has 220 valence electrons. The quantitative estimate of drug-likeness (QED) is 0.185. The highest BCUT2D eigenvalue weighted by Crippen LogP contribution is 2.49. The van der Waals surface area contributed by atoms with Crippen molar-refractivity contribution < 1.29 is 0 Å². The molecule has 0 aliphatic heterocycles. The van der Waals surface area contributed by atoms with Gasteiger partial charge < -0.3 is 15.1 Å². The van der Waals surface area contributed by atoms with Gasteiger partial charge in [0.15, 0.2) is 0 Å². The predicted molar refractivity (Wildman–Crippen MR) is 198 cm³/mol. The van der Waals surface area contributed by atoms with E-state index in [1.54, 1.807) is 0 Å². The Hall–Kier alpha value is -5.84. The summed E-state index contributed by atoms with van der Waals surface area (Å²) < 4.78 is 2.52. The molecule has 1 aromatic heterocycles. The molecule has 0 atom stereocenters. The van der Waals surface area contributed by atoms with Crippen LogP contribution in [0.15, 0.2) is 182 Å². The van der Waals surface area contributed by atoms with Gasteiger partial charge in [-0.25, -0.2) is 0 Å². The molecule has 46 heavy (non-hydrogen) atoms. The number of anilines is 8. The third kappa shape index (κ3) is 5.36. The Morgan fingerprint density at radius 3 is 1.54 bits per heavy atom. The van der Waals surface area contributed by atoms with Crippen molar-refractivity contribution in [2.24, 2.45) is 0 Å². The van der Waals surface area contributed by atoms with Crippen LogP contribution in [0.2, 0.25) is 0 Å². The zero-order chi connectivity index (χ0) is 30.7. The minimum Gasteiger partial charge on any atom is -0.355 e. The first-order chi connectivity index (χ1) is 22.8. The van der Waals surface area contributed by atoms with Crippen LogP contribution in [0.1, 0.15) is 0 Å². The van der Waals surface area contributed by atoms with Gasteiger partial charge in [-0.15, -0.1) is 11.3 Å². The summed E-state index contributed by atoms with van der Waals surface area (Å²) in [6.45, 7) is 0. The largest absolute Gasteiger partial charge is 0.355 e. The number of nitrogens with zero attached hydrogens (tertiary/aromatic N) is 2. The molecule has 4 heteroatoms. The Morgan fingerprint density at radius 2 is 0.891 bits per heavy atom. The topological polar surface area (TPSA) is 18.5 Å². The molecule has 0 spiro atoms. The fraction of sp³-hybridized carbons (Fsp3) is 0. The molecular formula is C42H31N3S. The van der Waals surface area contributed by atoms with Crippen LogP contribution < -0.4 is 15.1 Å². The van der Waals surface area contributed by atoms with E-state index in [0.717, 1.165) is 45.5 Å². The van der Waals surface area contributed by atoms with E-state index in [1.807, 2.05) is 17.4 Å². The van der Waals surface area contributed by atoms with Crippen LogP contribution in [0.5, 0.6) is 0 Å². The van der Waals surface area contributed by atoms with Crippen molar-refractivity contribution >= 4 is 77.0 Å². The number of rotatable bonds is 8. The van der Waals surface area contributed by atoms with Crippen molar-refractivity contribution in [3.63, 3.8) is 0 Å². The first kappa shape index (κ1) is 27.7. The molecule has 8 rings (SSSR count). The molecule has 0 unspecified atom stereocenters. The molecule has 1 N–H and O–H groups in total. The summed E-state index contributed by atoms with van der Waals surface area (Å²) in [5, 5.41) is 6.11. The van der Waals surface area contributed by atoms with E-state index in [4.69, 9.17) is 0 Å². The second kappa shape index (κ2) is 12.3. The minimum absolute atomic E-state index is 1.03. The summed E-state index contributed by atoms with van der Waals surface area (Å²) in [7, 11) is 0. The summed E-state index contributed by atoms with van der Waals surface area (Å²) in [6.07, 6.45) is 0. The first-order valence-corrected chi connectivity index (χ1v) is 16.3. The first-order valence-electron chi connectivity index (χ1n) is 15.4. The van der Waals surface area contributed by atoms with Gasteiger partial charge in [0.05, 0.1) is 5.69 Å². The molecule has 0 saturated carbocycles. The van der Waals surface area contributed by atoms with E-state index in [2.05, 4.69) is 191 Å². The van der Waals surface area contributed by atoms with E-state index in [1.165, 1.54) is 20.2 Å². The maximum Gasteiger partial charge on any atom is 0.0575 e. The zero-order valence-corrected chi connectivity index (χ0v) is 25.9. The monoisotopic (exact) mass is 609 g/mol. The lowest BCUT2D eigenvalue weighted by Gasteiger charge is -2.30. The second-order valence-electron chi connectivity index (χ2n) is 11.2. The van der Waals surface area contributed by atoms with E-state index < -0.39 is 0 Å². The maximum absolute atomic E-state index is 3.59. The lowest BCUT2D eigenvalue weighted by Crippen LogP contribution is -2.13. The van der Waals surface area contributed by atoms with Crippen LogP contribution in [0, 0.1) is 0 Å². The summed E-state index contributed by atoms with van der Waals surface area (Å²) in [5.74, 6) is 0. The maximum atomic E-state index is 3.59. The van der Waals surface area contributed by atoms with Gasteiger partial charge in [-0.2, -0.15) is 0 Å². The molecule has 8 aromatic rings. The van der Waals surface area contributed by atoms with Gasteiger partial charge in [0.2, 0.25) is 0 Å². The number of para-hydroxylation sites is 4. The van der Waals surface area contributed by atoms with E-state index in [0.29, 0.717) is 0 Å². The van der Waals surface area contributed by atoms with Gasteiger partial charge in [0.25, 0.3) is 0 Å². The highest BCUT2D eigenvalue weighted by molar-refractivity contribution is 7.26. The molecule has 3 nitrogen and oxygen atoms in total. The summed E-state index contributed by atoms with van der Waals surface area (Å²) in [4.78, 5) is 4.75. The summed E-state index contributed by atoms with van der Waals surface area (Å²) in [5.41, 5.74) is 8.71. The molecule has 0 saturated heterocycles. The van der Waals surface area contributed by atoms with Crippen molar-refractivity contribution in [2.45, 2.75) is 0 Å². The number of nitrogens with one attached hydrogen (secondary N) is 1. The minimum atomic E-state index is 1.03. The van der Waals surface area contributed by atoms with Crippen LogP contribution in [0.3, 0.4) is 0 Å². The normalized spacial score (nSPS) is 11.0. The predicted octanol–water partition coefficient (Wildman–Crippen LogP) is 12.7. The Kier molecular flexibility index (Phi) is 7.39. The smallest absolute Gasteiger partial charge is 0.0575 e. The van der Waals surface area contributed by atoms with Gasteiger partial charge >= 0.3 is 0 Å². The summed E-state index contributed by atoms with van der Waals surface area (Å²) >= 11 is 1.84. The highest BCUT2D eigenvalue weighted by Gasteiger charge is 2.22. The van der Waals surface area contributed by atoms with Gasteiger partial charge in [-0.3, -0.25) is 0 Å². The Morgan fingerprint density at radius 1 is 0.370 bits per heavy atom. The third-order valence-electron chi connectivity index (χ3n) is 8.15. The second-order valence-corrected chi connectivity index (χ2v) is 12.2. The summed E-state index contributed by atoms with van der Waals surface area (Å²) in [6, 6.07) is 64.4. The standard InChI is InChI=1S/C42H31N3S/c1-5-16-31(17-6-1)43-32-18-15-25-36(28-32)44(33-19-7-2-8-20-33)37-29-39(42-38-26-13-14-27-40(38)46-41(42)30-37)45(34-21-9-3-10-22-34)35-23-11-4-12-24-35/h1-30,43H. The van der Waals surface area contributed by atoms with Crippen molar-refractivity contribution in [2.75, 3.05) is 15.1 Å². The number of hydrogen-bond acceptors (Lipinski definition) is 4. The van der Waals surface area contributed by atoms with Crippen LogP contribution in [-0.2, 0) is 0 Å². The van der Waals surface area contributed by atoms with Crippen molar-refractivity contribution in [3.8, 4) is 0 Å². The average Bonchev–Trinajstić information content (AvgIpc) is 3.49. The third-order valence-corrected chi connectivity index (χ3v) is 9.27. The fourth-order valence-corrected chi connectivity index (χ4v) is 7.30. The van der Waals surface area contributed by atoms with Gasteiger partial charge in [-0.1, -0.05) is 97.1 Å². The Labute approximate surface area is 273 Å². The van der Waals surface area contributed by atoms with Crippen LogP contribution in [0.4, 0.5) is 45.5 Å². The van der Waals surface area contributed by atoms with Crippen molar-refractivity contribution in [1.29, 1.82) is 0 Å². The zero-order valence-electron chi connectivity index (χ0n) is 25.1. The Bertz CT molecular complexity index is 2190. The van der Waals surface area contributed by atoms with Crippen LogP contribution >= 0.6 is 11.3 Å². The fourth-order valence-electron chi connectivity index (χ4n) is 6.14. The van der Waals surface area contributed by atoms with Gasteiger partial charge in [0.1, 0.15) is 0 Å². The lowest BCUT2D eigenvalue weighted by atomic mass is 10.1. The molecular weight excluding hydrogens is 579 g/mol. The van der Waals surface area contributed by atoms with E-state index in [-0.39, 0.29) is 0 Å².